The van der Waals surface area contributed by atoms with Crippen molar-refractivity contribution in [1.29, 1.82) is 5.26 Å². The van der Waals surface area contributed by atoms with E-state index in [9.17, 15) is 5.26 Å². The van der Waals surface area contributed by atoms with Gasteiger partial charge < -0.3 is 0 Å². The second-order valence-electron chi connectivity index (χ2n) is 4.29. The number of hydrogen-bond donors (Lipinski definition) is 0. The van der Waals surface area contributed by atoms with Crippen LogP contribution >= 0.6 is 11.8 Å². The molecule has 0 saturated carbocycles. The summed E-state index contributed by atoms with van der Waals surface area (Å²) in [4.78, 5) is 3.49. The van der Waals surface area contributed by atoms with Crippen molar-refractivity contribution in [1.82, 2.24) is 4.90 Å². The monoisotopic (exact) mass is 262 g/mol. The van der Waals surface area contributed by atoms with Gasteiger partial charge in [-0.15, -0.1) is 11.8 Å². The maximum absolute atomic E-state index is 9.41. The van der Waals surface area contributed by atoms with Crippen molar-refractivity contribution in [2.24, 2.45) is 0 Å². The zero-order valence-electron chi connectivity index (χ0n) is 11.5. The smallest absolute Gasteiger partial charge is 0.123 e. The fraction of sp³-hybridized carbons (Fsp3) is 0.533. The van der Waals surface area contributed by atoms with Crippen LogP contribution in [0.15, 0.2) is 29.2 Å². The van der Waals surface area contributed by atoms with E-state index in [-0.39, 0.29) is 6.04 Å². The average molecular weight is 262 g/mol. The van der Waals surface area contributed by atoms with Gasteiger partial charge >= 0.3 is 0 Å². The van der Waals surface area contributed by atoms with E-state index in [2.05, 4.69) is 55.3 Å². The lowest BCUT2D eigenvalue weighted by molar-refractivity contribution is 0.244. The third-order valence-electron chi connectivity index (χ3n) is 3.12. The highest BCUT2D eigenvalue weighted by Gasteiger charge is 2.17. The van der Waals surface area contributed by atoms with Crippen LogP contribution in [0.3, 0.4) is 0 Å². The molecule has 1 rings (SSSR count). The van der Waals surface area contributed by atoms with Gasteiger partial charge in [-0.3, -0.25) is 4.90 Å². The first kappa shape index (κ1) is 15.1. The van der Waals surface area contributed by atoms with Crippen molar-refractivity contribution < 1.29 is 0 Å². The number of hydrogen-bond acceptors (Lipinski definition) is 3. The van der Waals surface area contributed by atoms with Gasteiger partial charge in [0.05, 0.1) is 6.07 Å². The SMILES string of the molecule is CCCCN(CC)C(C#N)c1ccc(SC)cc1. The summed E-state index contributed by atoms with van der Waals surface area (Å²) in [6, 6.07) is 10.7. The molecule has 0 aliphatic heterocycles. The summed E-state index contributed by atoms with van der Waals surface area (Å²) in [5.74, 6) is 0. The number of nitrogens with zero attached hydrogens (tertiary/aromatic N) is 2. The largest absolute Gasteiger partial charge is 0.285 e. The molecule has 0 radical (unpaired) electrons. The lowest BCUT2D eigenvalue weighted by atomic mass is 10.1. The Labute approximate surface area is 115 Å². The number of thioether (sulfide) groups is 1. The molecule has 18 heavy (non-hydrogen) atoms. The van der Waals surface area contributed by atoms with Crippen LogP contribution in [0.25, 0.3) is 0 Å². The predicted octanol–water partition coefficient (Wildman–Crippen LogP) is 4.10. The standard InChI is InChI=1S/C15H22N2S/c1-4-6-11-17(5-2)15(12-16)13-7-9-14(18-3)10-8-13/h7-10,15H,4-6,11H2,1-3H3. The van der Waals surface area contributed by atoms with Crippen molar-refractivity contribution >= 4 is 11.8 Å². The Kier molecular flexibility index (Phi) is 6.85. The van der Waals surface area contributed by atoms with Gasteiger partial charge in [-0.05, 0) is 43.5 Å². The fourth-order valence-corrected chi connectivity index (χ4v) is 2.39. The number of benzene rings is 1. The van der Waals surface area contributed by atoms with E-state index in [0.29, 0.717) is 0 Å². The van der Waals surface area contributed by atoms with Gasteiger partial charge in [-0.1, -0.05) is 32.4 Å². The quantitative estimate of drug-likeness (QED) is 0.692. The Morgan fingerprint density at radius 3 is 2.39 bits per heavy atom. The topological polar surface area (TPSA) is 27.0 Å². The van der Waals surface area contributed by atoms with Crippen LogP contribution in [0.5, 0.6) is 0 Å². The average Bonchev–Trinajstić information content (AvgIpc) is 2.43. The van der Waals surface area contributed by atoms with E-state index in [4.69, 9.17) is 0 Å². The van der Waals surface area contributed by atoms with Crippen LogP contribution in [-0.4, -0.2) is 24.2 Å². The molecule has 98 valence electrons. The Balaban J connectivity index is 2.82. The lowest BCUT2D eigenvalue weighted by Gasteiger charge is -2.25. The molecule has 0 bridgehead atoms. The van der Waals surface area contributed by atoms with Crippen LogP contribution in [-0.2, 0) is 0 Å². The zero-order chi connectivity index (χ0) is 13.4. The first-order chi connectivity index (χ1) is 8.76. The Bertz CT molecular complexity index is 380. The molecule has 0 amide bonds. The first-order valence-corrected chi connectivity index (χ1v) is 7.76. The van der Waals surface area contributed by atoms with Crippen LogP contribution in [0.1, 0.15) is 38.3 Å². The minimum atomic E-state index is -0.113. The summed E-state index contributed by atoms with van der Waals surface area (Å²) in [6.07, 6.45) is 4.38. The van der Waals surface area contributed by atoms with E-state index in [1.54, 1.807) is 11.8 Å². The minimum Gasteiger partial charge on any atom is -0.285 e. The summed E-state index contributed by atoms with van der Waals surface area (Å²) in [7, 11) is 0. The summed E-state index contributed by atoms with van der Waals surface area (Å²) >= 11 is 1.73. The van der Waals surface area contributed by atoms with E-state index >= 15 is 0 Å². The molecule has 1 aromatic rings. The van der Waals surface area contributed by atoms with Crippen molar-refractivity contribution in [3.63, 3.8) is 0 Å². The van der Waals surface area contributed by atoms with Crippen molar-refractivity contribution in [2.75, 3.05) is 19.3 Å². The highest BCUT2D eigenvalue weighted by atomic mass is 32.2. The molecular formula is C15H22N2S. The second-order valence-corrected chi connectivity index (χ2v) is 5.17. The number of nitriles is 1. The summed E-state index contributed by atoms with van der Waals surface area (Å²) in [5.41, 5.74) is 1.10. The van der Waals surface area contributed by atoms with Gasteiger partial charge in [0, 0.05) is 4.90 Å². The van der Waals surface area contributed by atoms with Gasteiger partial charge in [0.1, 0.15) is 6.04 Å². The van der Waals surface area contributed by atoms with Gasteiger partial charge in [0.25, 0.3) is 0 Å². The van der Waals surface area contributed by atoms with E-state index in [1.165, 1.54) is 11.3 Å². The van der Waals surface area contributed by atoms with Crippen LogP contribution in [0.4, 0.5) is 0 Å². The summed E-state index contributed by atoms with van der Waals surface area (Å²) in [5, 5.41) is 9.41. The molecule has 0 spiro atoms. The van der Waals surface area contributed by atoms with Crippen LogP contribution in [0.2, 0.25) is 0 Å². The minimum absolute atomic E-state index is 0.113. The van der Waals surface area contributed by atoms with Crippen molar-refractivity contribution in [2.45, 2.75) is 37.6 Å². The first-order valence-electron chi connectivity index (χ1n) is 6.54. The molecule has 0 aliphatic carbocycles. The second kappa shape index (κ2) is 8.18. The molecule has 1 unspecified atom stereocenters. The van der Waals surface area contributed by atoms with Gasteiger partial charge in [0.15, 0.2) is 0 Å². The van der Waals surface area contributed by atoms with Crippen molar-refractivity contribution in [3.8, 4) is 6.07 Å². The lowest BCUT2D eigenvalue weighted by Crippen LogP contribution is -2.28. The highest BCUT2D eigenvalue weighted by molar-refractivity contribution is 7.98. The molecule has 1 aromatic carbocycles. The molecule has 0 fully saturated rings. The van der Waals surface area contributed by atoms with E-state index in [1.807, 2.05) is 0 Å². The van der Waals surface area contributed by atoms with E-state index < -0.39 is 0 Å². The Morgan fingerprint density at radius 2 is 1.94 bits per heavy atom. The van der Waals surface area contributed by atoms with E-state index in [0.717, 1.165) is 25.1 Å². The Morgan fingerprint density at radius 1 is 1.28 bits per heavy atom. The number of rotatable bonds is 7. The normalized spacial score (nSPS) is 12.4. The molecule has 0 saturated heterocycles. The molecule has 0 aromatic heterocycles. The number of unbranched alkanes of at least 4 members (excludes halogenated alkanes) is 1. The molecule has 0 heterocycles. The van der Waals surface area contributed by atoms with Crippen LogP contribution in [0, 0.1) is 11.3 Å². The molecule has 2 nitrogen and oxygen atoms in total. The molecule has 0 N–H and O–H groups in total. The highest BCUT2D eigenvalue weighted by Crippen LogP contribution is 2.23. The Hall–Kier alpha value is -0.980. The zero-order valence-corrected chi connectivity index (χ0v) is 12.3. The molecule has 3 heteroatoms. The van der Waals surface area contributed by atoms with Crippen molar-refractivity contribution in [3.05, 3.63) is 29.8 Å². The molecule has 0 aliphatic rings. The molecule has 1 atom stereocenters. The maximum atomic E-state index is 9.41. The molecular weight excluding hydrogens is 240 g/mol. The summed E-state index contributed by atoms with van der Waals surface area (Å²) in [6.45, 7) is 6.22. The predicted molar refractivity (Wildman–Crippen MR) is 78.7 cm³/mol. The van der Waals surface area contributed by atoms with Gasteiger partial charge in [-0.2, -0.15) is 5.26 Å². The third-order valence-corrected chi connectivity index (χ3v) is 3.87. The fourth-order valence-electron chi connectivity index (χ4n) is 1.98. The maximum Gasteiger partial charge on any atom is 0.123 e. The third kappa shape index (κ3) is 4.04. The van der Waals surface area contributed by atoms with Gasteiger partial charge in [0.2, 0.25) is 0 Å². The van der Waals surface area contributed by atoms with Gasteiger partial charge in [-0.25, -0.2) is 0 Å². The van der Waals surface area contributed by atoms with Crippen LogP contribution < -0.4 is 0 Å². The summed E-state index contributed by atoms with van der Waals surface area (Å²) < 4.78 is 0.